The van der Waals surface area contributed by atoms with E-state index in [9.17, 15) is 38.4 Å². The van der Waals surface area contributed by atoms with Crippen molar-refractivity contribution >= 4 is 65.4 Å². The number of hydrogen-bond donors (Lipinski definition) is 0. The van der Waals surface area contributed by atoms with Gasteiger partial charge < -0.3 is 51.5 Å². The highest BCUT2D eigenvalue weighted by atomic mass is 32.2. The van der Waals surface area contributed by atoms with Crippen LogP contribution in [-0.4, -0.2) is 131 Å². The number of carbonyl (C=O) groups is 8. The lowest BCUT2D eigenvalue weighted by Gasteiger charge is -2.37. The van der Waals surface area contributed by atoms with Crippen LogP contribution in [-0.2, 0) is 81.0 Å². The van der Waals surface area contributed by atoms with Gasteiger partial charge in [-0.3, -0.25) is 38.4 Å². The molecule has 1 amide bonds. The average Bonchev–Trinajstić information content (AvgIpc) is 3.92. The van der Waals surface area contributed by atoms with Crippen LogP contribution >= 0.6 is 11.8 Å². The minimum absolute atomic E-state index is 0.00459. The molecule has 23 nitrogen and oxygen atoms in total. The lowest BCUT2D eigenvalue weighted by Crippen LogP contribution is -2.59. The fourth-order valence-electron chi connectivity index (χ4n) is 5.88. The summed E-state index contributed by atoms with van der Waals surface area (Å²) in [4.78, 5) is 97.5. The van der Waals surface area contributed by atoms with Crippen molar-refractivity contribution in [1.82, 2.24) is 15.2 Å². The number of esters is 7. The van der Waals surface area contributed by atoms with E-state index in [1.54, 1.807) is 13.0 Å². The Hall–Kier alpha value is -6.04. The Labute approximate surface area is 339 Å². The van der Waals surface area contributed by atoms with Crippen molar-refractivity contribution in [3.05, 3.63) is 17.6 Å². The monoisotopic (exact) mass is 854 g/mol. The molecule has 1 fully saturated rings. The maximum Gasteiger partial charge on any atom is 0.303 e. The third-order valence-electron chi connectivity index (χ3n) is 7.91. The second-order valence-corrected chi connectivity index (χ2v) is 13.7. The summed E-state index contributed by atoms with van der Waals surface area (Å²) in [6, 6.07) is 1.55. The zero-order chi connectivity index (χ0) is 43.7. The predicted octanol–water partition coefficient (Wildman–Crippen LogP) is 1.47. The molecule has 1 unspecified atom stereocenters. The van der Waals surface area contributed by atoms with Gasteiger partial charge in [0.2, 0.25) is 18.0 Å². The van der Waals surface area contributed by atoms with Gasteiger partial charge in [0.05, 0.1) is 17.9 Å². The Morgan fingerprint density at radius 2 is 1.41 bits per heavy atom. The van der Waals surface area contributed by atoms with Crippen molar-refractivity contribution in [3.63, 3.8) is 0 Å². The minimum atomic E-state index is -1.86. The molecule has 0 saturated carbocycles. The molecule has 0 bridgehead atoms. The van der Waals surface area contributed by atoms with Gasteiger partial charge in [0.1, 0.15) is 18.1 Å². The molecule has 8 atom stereocenters. The van der Waals surface area contributed by atoms with E-state index in [1.807, 2.05) is 0 Å². The fourth-order valence-corrected chi connectivity index (χ4v) is 6.49. The van der Waals surface area contributed by atoms with Crippen molar-refractivity contribution < 1.29 is 89.8 Å². The number of nitrogens with zero attached hydrogens (tertiary/aromatic N) is 4. The van der Waals surface area contributed by atoms with Crippen LogP contribution in [0.1, 0.15) is 73.0 Å². The molecule has 0 radical (unpaired) electrons. The largest absolute Gasteiger partial charge is 0.463 e. The van der Waals surface area contributed by atoms with Crippen molar-refractivity contribution in [3.8, 4) is 11.5 Å². The summed E-state index contributed by atoms with van der Waals surface area (Å²) in [7, 11) is 0. The summed E-state index contributed by atoms with van der Waals surface area (Å²) in [6.45, 7) is 9.45. The van der Waals surface area contributed by atoms with Gasteiger partial charge in [0, 0.05) is 55.4 Å². The Bertz CT molecular complexity index is 1960. The number of furan rings is 1. The van der Waals surface area contributed by atoms with Crippen molar-refractivity contribution in [2.24, 2.45) is 5.10 Å². The van der Waals surface area contributed by atoms with Gasteiger partial charge in [-0.2, -0.15) is 5.01 Å². The predicted molar refractivity (Wildman–Crippen MR) is 191 cm³/mol. The molecule has 2 aromatic heterocycles. The van der Waals surface area contributed by atoms with Gasteiger partial charge in [-0.05, 0) is 13.0 Å². The van der Waals surface area contributed by atoms with E-state index in [0.717, 1.165) is 58.3 Å². The summed E-state index contributed by atoms with van der Waals surface area (Å²) in [6.07, 6.45) is -11.6. The average molecular weight is 855 g/mol. The second kappa shape index (κ2) is 20.1. The zero-order valence-electron chi connectivity index (χ0n) is 33.3. The van der Waals surface area contributed by atoms with Crippen LogP contribution in [0.3, 0.4) is 0 Å². The second-order valence-electron chi connectivity index (χ2n) is 12.8. The zero-order valence-corrected chi connectivity index (χ0v) is 34.1. The quantitative estimate of drug-likeness (QED) is 0.124. The number of amides is 1. The van der Waals surface area contributed by atoms with E-state index in [0.29, 0.717) is 11.3 Å². The van der Waals surface area contributed by atoms with E-state index < -0.39 is 103 Å². The van der Waals surface area contributed by atoms with Crippen LogP contribution in [0.4, 0.5) is 0 Å². The molecule has 59 heavy (non-hydrogen) atoms. The Kier molecular flexibility index (Phi) is 15.5. The first-order chi connectivity index (χ1) is 27.7. The molecule has 2 aliphatic heterocycles. The van der Waals surface area contributed by atoms with Gasteiger partial charge in [0.25, 0.3) is 11.1 Å². The molecule has 0 aliphatic carbocycles. The lowest BCUT2D eigenvalue weighted by molar-refractivity contribution is -0.216. The highest BCUT2D eigenvalue weighted by Crippen LogP contribution is 2.38. The van der Waals surface area contributed by atoms with E-state index >= 15 is 0 Å². The van der Waals surface area contributed by atoms with Gasteiger partial charge in [-0.25, -0.2) is 0 Å². The van der Waals surface area contributed by atoms with E-state index in [-0.39, 0.29) is 35.1 Å². The summed E-state index contributed by atoms with van der Waals surface area (Å²) in [5.74, 6) is -6.32. The molecule has 4 heterocycles. The number of ether oxygens (including phenoxy) is 9. The smallest absolute Gasteiger partial charge is 0.303 e. The minimum Gasteiger partial charge on any atom is -0.463 e. The van der Waals surface area contributed by atoms with Gasteiger partial charge in [0.15, 0.2) is 42.7 Å². The number of aromatic nitrogens is 2. The van der Waals surface area contributed by atoms with Crippen LogP contribution in [0, 0.1) is 6.92 Å². The number of aryl methyl sites for hydroxylation is 1. The van der Waals surface area contributed by atoms with E-state index in [4.69, 9.17) is 51.5 Å². The van der Waals surface area contributed by atoms with Crippen molar-refractivity contribution in [2.75, 3.05) is 19.0 Å². The topological polar surface area (TPSA) is 287 Å². The Balaban J connectivity index is 1.58. The number of hydrogen-bond acceptors (Lipinski definition) is 23. The molecule has 2 aromatic rings. The molecule has 322 valence electrons. The highest BCUT2D eigenvalue weighted by molar-refractivity contribution is 7.99. The third kappa shape index (κ3) is 12.5. The standard InChI is InChI=1S/C35H42N4O19S/c1-14-23(10-24(50-14)28-29(53-19(6)44)26(12-49-28)52-18(5)43)33-36-37-35(58-33)59-13-27-38-39(15(2)40)34(57-27)32(56-22(9)47)31(55-21(8)46)30(54-20(7)45)25(51-17(4)42)11-48-16(3)41/h10,25-26,28-32,34H,11-13H2,1-9H3/t25-,26-,28+,29-,30-,31+,32-,34?/m1/s1. The van der Waals surface area contributed by atoms with Gasteiger partial charge in [-0.1, -0.05) is 11.8 Å². The number of carbonyl (C=O) groups excluding carboxylic acids is 8. The van der Waals surface area contributed by atoms with Crippen molar-refractivity contribution in [1.29, 1.82) is 0 Å². The highest BCUT2D eigenvalue weighted by Gasteiger charge is 2.52. The molecule has 4 rings (SSSR count). The molecule has 0 spiro atoms. The van der Waals surface area contributed by atoms with Gasteiger partial charge in [-0.15, -0.1) is 15.3 Å². The first-order valence-corrected chi connectivity index (χ1v) is 18.6. The number of rotatable bonds is 17. The SMILES string of the molecule is CC(=O)OC[C@@H](OC(C)=O)[C@@H](OC(C)=O)[C@H](OC(C)=O)[C@@H](OC(C)=O)C1OC(CSc2nnc(-c3cc([C@@H]4OC[C@@H](OC(C)=O)[C@H]4OC(C)=O)oc3C)o2)=NN1C(C)=O. The van der Waals surface area contributed by atoms with Gasteiger partial charge >= 0.3 is 41.8 Å². The first kappa shape index (κ1) is 45.7. The Morgan fingerprint density at radius 3 is 1.98 bits per heavy atom. The molecular formula is C35H42N4O19S. The van der Waals surface area contributed by atoms with Crippen LogP contribution in [0.5, 0.6) is 0 Å². The van der Waals surface area contributed by atoms with Crippen LogP contribution in [0.2, 0.25) is 0 Å². The summed E-state index contributed by atoms with van der Waals surface area (Å²) in [5, 5.41) is 13.1. The normalized spacial score (nSPS) is 20.5. The van der Waals surface area contributed by atoms with Crippen LogP contribution < -0.4 is 0 Å². The van der Waals surface area contributed by atoms with E-state index in [1.165, 1.54) is 13.8 Å². The summed E-state index contributed by atoms with van der Waals surface area (Å²) in [5.41, 5.74) is 0.363. The molecule has 0 N–H and O–H groups in total. The summed E-state index contributed by atoms with van der Waals surface area (Å²) < 4.78 is 60.9. The molecule has 2 aliphatic rings. The lowest BCUT2D eigenvalue weighted by atomic mass is 10.00. The molecule has 1 saturated heterocycles. The third-order valence-corrected chi connectivity index (χ3v) is 8.71. The maximum atomic E-state index is 12.9. The van der Waals surface area contributed by atoms with Crippen molar-refractivity contribution in [2.45, 2.75) is 116 Å². The number of hydrazone groups is 1. The van der Waals surface area contributed by atoms with Crippen LogP contribution in [0.15, 0.2) is 25.2 Å². The molecule has 0 aromatic carbocycles. The molecular weight excluding hydrogens is 812 g/mol. The van der Waals surface area contributed by atoms with Crippen LogP contribution in [0.25, 0.3) is 11.5 Å². The Morgan fingerprint density at radius 1 is 0.780 bits per heavy atom. The maximum absolute atomic E-state index is 12.9. The first-order valence-electron chi connectivity index (χ1n) is 17.6. The van der Waals surface area contributed by atoms with E-state index in [2.05, 4.69) is 15.3 Å². The fraction of sp³-hybridized carbons (Fsp3) is 0.571. The summed E-state index contributed by atoms with van der Waals surface area (Å²) >= 11 is 0.917. The molecule has 24 heteroatoms. The number of thioether (sulfide) groups is 1.